The summed E-state index contributed by atoms with van der Waals surface area (Å²) in [5.74, 6) is -0.242. The summed E-state index contributed by atoms with van der Waals surface area (Å²) in [7, 11) is 7.78. The summed E-state index contributed by atoms with van der Waals surface area (Å²) in [4.78, 5) is 20.3. The summed E-state index contributed by atoms with van der Waals surface area (Å²) >= 11 is 1.59. The summed E-state index contributed by atoms with van der Waals surface area (Å²) in [6.45, 7) is 0.977. The minimum atomic E-state index is -0.242. The average molecular weight is 297 g/mol. The number of ether oxygens (including phenoxy) is 1. The molecular formula is C14H23N3O2S. The van der Waals surface area contributed by atoms with Crippen molar-refractivity contribution in [1.29, 1.82) is 0 Å². The first kappa shape index (κ1) is 15.3. The highest BCUT2D eigenvalue weighted by molar-refractivity contribution is 7.13. The lowest BCUT2D eigenvalue weighted by Gasteiger charge is -2.49. The largest absolute Gasteiger partial charge is 0.469 e. The molecule has 0 saturated heterocycles. The first-order valence-electron chi connectivity index (χ1n) is 6.87. The fourth-order valence-corrected chi connectivity index (χ4v) is 3.41. The maximum atomic E-state index is 11.3. The monoisotopic (exact) mass is 297 g/mol. The maximum Gasteiger partial charge on any atom is 0.311 e. The number of hydrogen-bond acceptors (Lipinski definition) is 6. The van der Waals surface area contributed by atoms with Gasteiger partial charge in [0.25, 0.3) is 0 Å². The van der Waals surface area contributed by atoms with Gasteiger partial charge in [-0.15, -0.1) is 11.3 Å². The number of rotatable bonds is 6. The van der Waals surface area contributed by atoms with E-state index in [0.29, 0.717) is 0 Å². The van der Waals surface area contributed by atoms with E-state index >= 15 is 0 Å². The molecule has 1 aromatic rings. The van der Waals surface area contributed by atoms with Gasteiger partial charge in [0.05, 0.1) is 19.2 Å². The molecule has 0 amide bonds. The van der Waals surface area contributed by atoms with Crippen LogP contribution >= 0.6 is 11.3 Å². The van der Waals surface area contributed by atoms with Gasteiger partial charge in [-0.3, -0.25) is 4.79 Å². The van der Waals surface area contributed by atoms with E-state index in [1.807, 2.05) is 5.38 Å². The number of anilines is 1. The topological polar surface area (TPSA) is 45.7 Å². The van der Waals surface area contributed by atoms with Gasteiger partial charge in [0.15, 0.2) is 5.13 Å². The normalized spacial score (nSPS) is 16.9. The second kappa shape index (κ2) is 6.10. The highest BCUT2D eigenvalue weighted by Gasteiger charge is 2.40. The van der Waals surface area contributed by atoms with Crippen molar-refractivity contribution in [1.82, 2.24) is 9.88 Å². The molecule has 1 aliphatic carbocycles. The molecule has 1 heterocycles. The fraction of sp³-hybridized carbons (Fsp3) is 0.714. The van der Waals surface area contributed by atoms with Crippen molar-refractivity contribution in [3.05, 3.63) is 11.1 Å². The molecule has 1 saturated carbocycles. The molecule has 0 unspecified atom stereocenters. The van der Waals surface area contributed by atoms with Crippen molar-refractivity contribution in [3.8, 4) is 0 Å². The summed E-state index contributed by atoms with van der Waals surface area (Å²) in [6.07, 6.45) is 4.03. The predicted molar refractivity (Wildman–Crippen MR) is 81.4 cm³/mol. The number of nitrogens with zero attached hydrogens (tertiary/aromatic N) is 3. The fourth-order valence-electron chi connectivity index (χ4n) is 2.61. The third-order valence-electron chi connectivity index (χ3n) is 4.18. The van der Waals surface area contributed by atoms with E-state index in [0.717, 1.165) is 17.4 Å². The van der Waals surface area contributed by atoms with Crippen molar-refractivity contribution < 1.29 is 9.53 Å². The SMILES string of the molecule is COC(=O)Cc1csc(N(C)CC2(N(C)C)CCC2)n1. The van der Waals surface area contributed by atoms with Crippen molar-refractivity contribution >= 4 is 22.4 Å². The van der Waals surface area contributed by atoms with Gasteiger partial charge in [-0.05, 0) is 33.4 Å². The standard InChI is InChI=1S/C14H23N3O2S/c1-16(2)14(6-5-7-14)10-17(3)13-15-11(9-20-13)8-12(18)19-4/h9H,5-8,10H2,1-4H3. The highest BCUT2D eigenvalue weighted by Crippen LogP contribution is 2.37. The van der Waals surface area contributed by atoms with Crippen LogP contribution in [0.5, 0.6) is 0 Å². The van der Waals surface area contributed by atoms with Gasteiger partial charge < -0.3 is 14.5 Å². The van der Waals surface area contributed by atoms with Crippen molar-refractivity contribution in [2.24, 2.45) is 0 Å². The van der Waals surface area contributed by atoms with Crippen molar-refractivity contribution in [2.45, 2.75) is 31.2 Å². The van der Waals surface area contributed by atoms with Crippen LogP contribution in [-0.2, 0) is 16.0 Å². The lowest BCUT2D eigenvalue weighted by atomic mass is 9.75. The number of esters is 1. The van der Waals surface area contributed by atoms with Crippen molar-refractivity contribution in [2.75, 3.05) is 39.7 Å². The van der Waals surface area contributed by atoms with E-state index in [2.05, 4.69) is 40.7 Å². The molecule has 0 aliphatic heterocycles. The van der Waals surface area contributed by atoms with Crippen LogP contribution in [0.2, 0.25) is 0 Å². The minimum Gasteiger partial charge on any atom is -0.469 e. The Hall–Kier alpha value is -1.14. The number of methoxy groups -OCH3 is 1. The number of hydrogen-bond donors (Lipinski definition) is 0. The lowest BCUT2D eigenvalue weighted by Crippen LogP contribution is -2.56. The van der Waals surface area contributed by atoms with Crippen molar-refractivity contribution in [3.63, 3.8) is 0 Å². The molecule has 1 fully saturated rings. The molecule has 2 rings (SSSR count). The summed E-state index contributed by atoms with van der Waals surface area (Å²) < 4.78 is 4.67. The molecule has 0 bridgehead atoms. The summed E-state index contributed by atoms with van der Waals surface area (Å²) in [6, 6.07) is 0. The average Bonchev–Trinajstić information content (AvgIpc) is 2.81. The second-order valence-electron chi connectivity index (χ2n) is 5.70. The Morgan fingerprint density at radius 2 is 2.15 bits per heavy atom. The highest BCUT2D eigenvalue weighted by atomic mass is 32.1. The number of thiazole rings is 1. The third-order valence-corrected chi connectivity index (χ3v) is 5.19. The van der Waals surface area contributed by atoms with E-state index in [9.17, 15) is 4.79 Å². The Morgan fingerprint density at radius 3 is 2.65 bits per heavy atom. The van der Waals surface area contributed by atoms with Crippen LogP contribution in [0.15, 0.2) is 5.38 Å². The summed E-state index contributed by atoms with van der Waals surface area (Å²) in [5.41, 5.74) is 1.07. The van der Waals surface area contributed by atoms with Gasteiger partial charge in [-0.1, -0.05) is 0 Å². The van der Waals surface area contributed by atoms with E-state index in [-0.39, 0.29) is 17.9 Å². The Bertz CT molecular complexity index is 469. The molecule has 6 heteroatoms. The van der Waals surface area contributed by atoms with Crippen LogP contribution in [0.4, 0.5) is 5.13 Å². The van der Waals surface area contributed by atoms with E-state index in [4.69, 9.17) is 0 Å². The lowest BCUT2D eigenvalue weighted by molar-refractivity contribution is -0.139. The van der Waals surface area contributed by atoms with Crippen LogP contribution in [0.1, 0.15) is 25.0 Å². The van der Waals surface area contributed by atoms with E-state index in [1.165, 1.54) is 26.4 Å². The van der Waals surface area contributed by atoms with Gasteiger partial charge in [0, 0.05) is 24.5 Å². The van der Waals surface area contributed by atoms with Crippen LogP contribution in [0.25, 0.3) is 0 Å². The van der Waals surface area contributed by atoms with Crippen LogP contribution in [0, 0.1) is 0 Å². The number of carbonyl (C=O) groups is 1. The van der Waals surface area contributed by atoms with E-state index in [1.54, 1.807) is 11.3 Å². The summed E-state index contributed by atoms with van der Waals surface area (Å²) in [5, 5.41) is 2.91. The number of aromatic nitrogens is 1. The first-order chi connectivity index (χ1) is 9.47. The van der Waals surface area contributed by atoms with Crippen LogP contribution in [0.3, 0.4) is 0 Å². The third kappa shape index (κ3) is 3.12. The molecule has 0 radical (unpaired) electrons. The van der Waals surface area contributed by atoms with Gasteiger partial charge in [-0.25, -0.2) is 4.98 Å². The molecule has 0 aromatic carbocycles. The smallest absolute Gasteiger partial charge is 0.311 e. The molecule has 1 aromatic heterocycles. The first-order valence-corrected chi connectivity index (χ1v) is 7.74. The van der Waals surface area contributed by atoms with Crippen LogP contribution in [-0.4, -0.2) is 56.2 Å². The van der Waals surface area contributed by atoms with E-state index < -0.39 is 0 Å². The Balaban J connectivity index is 1.99. The van der Waals surface area contributed by atoms with Gasteiger partial charge in [0.2, 0.25) is 0 Å². The molecule has 5 nitrogen and oxygen atoms in total. The number of likely N-dealkylation sites (N-methyl/N-ethyl adjacent to an activating group) is 2. The quantitative estimate of drug-likeness (QED) is 0.749. The van der Waals surface area contributed by atoms with Gasteiger partial charge >= 0.3 is 5.97 Å². The predicted octanol–water partition coefficient (Wildman–Crippen LogP) is 1.78. The molecular weight excluding hydrogens is 274 g/mol. The van der Waals surface area contributed by atoms with Crippen LogP contribution < -0.4 is 4.90 Å². The molecule has 112 valence electrons. The molecule has 20 heavy (non-hydrogen) atoms. The minimum absolute atomic E-state index is 0.242. The Kier molecular flexibility index (Phi) is 4.65. The molecule has 0 atom stereocenters. The molecule has 1 aliphatic rings. The molecule has 0 N–H and O–H groups in total. The maximum absolute atomic E-state index is 11.3. The van der Waals surface area contributed by atoms with Gasteiger partial charge in [-0.2, -0.15) is 0 Å². The number of carbonyl (C=O) groups excluding carboxylic acids is 1. The Morgan fingerprint density at radius 1 is 1.45 bits per heavy atom. The zero-order chi connectivity index (χ0) is 14.8. The van der Waals surface area contributed by atoms with Gasteiger partial charge in [0.1, 0.15) is 0 Å². The Labute approximate surface area is 124 Å². The zero-order valence-electron chi connectivity index (χ0n) is 12.7. The zero-order valence-corrected chi connectivity index (χ0v) is 13.5. The second-order valence-corrected chi connectivity index (χ2v) is 6.54. The molecule has 0 spiro atoms.